The molecule has 2 aromatic carbocycles. The lowest BCUT2D eigenvalue weighted by molar-refractivity contribution is -0.128. The van der Waals surface area contributed by atoms with E-state index >= 15 is 0 Å². The Morgan fingerprint density at radius 3 is 2.37 bits per heavy atom. The number of nitrogens with zero attached hydrogens (tertiary/aromatic N) is 3. The van der Waals surface area contributed by atoms with Crippen molar-refractivity contribution >= 4 is 35.2 Å². The van der Waals surface area contributed by atoms with Gasteiger partial charge in [-0.2, -0.15) is 5.10 Å². The van der Waals surface area contributed by atoms with Crippen LogP contribution in [0.3, 0.4) is 0 Å². The third-order valence-corrected chi connectivity index (χ3v) is 4.93. The first-order valence-electron chi connectivity index (χ1n) is 9.29. The monoisotopic (exact) mass is 414 g/mol. The van der Waals surface area contributed by atoms with Gasteiger partial charge in [0, 0.05) is 23.9 Å². The zero-order valence-corrected chi connectivity index (χ0v) is 16.8. The molecule has 7 heteroatoms. The molecule has 0 saturated carbocycles. The molecule has 148 valence electrons. The molecule has 1 saturated heterocycles. The molecule has 0 spiro atoms. The van der Waals surface area contributed by atoms with Gasteiger partial charge in [-0.1, -0.05) is 54.6 Å². The standard InChI is InChI=1S/C23H18N4O2S/c1-2-13-26-22(29)19(21(28)24-23(26)30)14-17-15-27(18-11-7-4-8-12-18)25-20(17)16-9-5-3-6-10-16/h2-12,14-15H,1,13H2,(H,24,28,30)/b19-14-. The fourth-order valence-corrected chi connectivity index (χ4v) is 3.42. The van der Waals surface area contributed by atoms with Gasteiger partial charge in [-0.25, -0.2) is 4.68 Å². The van der Waals surface area contributed by atoms with Gasteiger partial charge in [0.05, 0.1) is 11.4 Å². The number of para-hydroxylation sites is 1. The van der Waals surface area contributed by atoms with Gasteiger partial charge >= 0.3 is 0 Å². The van der Waals surface area contributed by atoms with Crippen molar-refractivity contribution in [3.8, 4) is 16.9 Å². The van der Waals surface area contributed by atoms with Crippen LogP contribution in [0.4, 0.5) is 0 Å². The summed E-state index contributed by atoms with van der Waals surface area (Å²) in [4.78, 5) is 26.7. The van der Waals surface area contributed by atoms with E-state index in [-0.39, 0.29) is 17.2 Å². The highest BCUT2D eigenvalue weighted by atomic mass is 32.1. The average molecular weight is 414 g/mol. The summed E-state index contributed by atoms with van der Waals surface area (Å²) < 4.78 is 1.73. The molecular weight excluding hydrogens is 396 g/mol. The molecule has 1 aliphatic rings. The molecule has 0 bridgehead atoms. The van der Waals surface area contributed by atoms with E-state index < -0.39 is 11.8 Å². The van der Waals surface area contributed by atoms with Crippen LogP contribution in [0.1, 0.15) is 5.56 Å². The van der Waals surface area contributed by atoms with Crippen LogP contribution in [0.15, 0.2) is 85.1 Å². The maximum Gasteiger partial charge on any atom is 0.265 e. The Morgan fingerprint density at radius 1 is 1.03 bits per heavy atom. The normalized spacial score (nSPS) is 15.4. The van der Waals surface area contributed by atoms with E-state index in [4.69, 9.17) is 17.3 Å². The maximum absolute atomic E-state index is 12.9. The Morgan fingerprint density at radius 2 is 1.70 bits per heavy atom. The lowest BCUT2D eigenvalue weighted by Crippen LogP contribution is -2.53. The third-order valence-electron chi connectivity index (χ3n) is 4.61. The molecule has 0 radical (unpaired) electrons. The van der Waals surface area contributed by atoms with Crippen LogP contribution in [0.2, 0.25) is 0 Å². The van der Waals surface area contributed by atoms with Crippen LogP contribution in [0, 0.1) is 0 Å². The SMILES string of the molecule is C=CCN1C(=O)/C(=C\c2cn(-c3ccccc3)nc2-c2ccccc2)C(=O)NC1=S. The van der Waals surface area contributed by atoms with Gasteiger partial charge in [0.2, 0.25) is 0 Å². The topological polar surface area (TPSA) is 67.2 Å². The van der Waals surface area contributed by atoms with E-state index in [0.29, 0.717) is 11.3 Å². The molecule has 3 aromatic rings. The van der Waals surface area contributed by atoms with E-state index in [2.05, 4.69) is 11.9 Å². The molecule has 0 unspecified atom stereocenters. The van der Waals surface area contributed by atoms with Crippen molar-refractivity contribution in [3.63, 3.8) is 0 Å². The van der Waals surface area contributed by atoms with E-state index in [1.165, 1.54) is 4.90 Å². The summed E-state index contributed by atoms with van der Waals surface area (Å²) in [5.41, 5.74) is 3.05. The largest absolute Gasteiger partial charge is 0.298 e. The minimum atomic E-state index is -0.531. The second kappa shape index (κ2) is 8.26. The highest BCUT2D eigenvalue weighted by Gasteiger charge is 2.33. The number of thiocarbonyl (C=S) groups is 1. The van der Waals surface area contributed by atoms with E-state index in [9.17, 15) is 9.59 Å². The molecule has 6 nitrogen and oxygen atoms in total. The smallest absolute Gasteiger partial charge is 0.265 e. The van der Waals surface area contributed by atoms with Crippen LogP contribution >= 0.6 is 12.2 Å². The summed E-state index contributed by atoms with van der Waals surface area (Å²) in [6.45, 7) is 3.86. The fourth-order valence-electron chi connectivity index (χ4n) is 3.17. The molecule has 1 N–H and O–H groups in total. The second-order valence-electron chi connectivity index (χ2n) is 6.60. The first kappa shape index (κ1) is 19.5. The predicted molar refractivity (Wildman–Crippen MR) is 120 cm³/mol. The van der Waals surface area contributed by atoms with Crippen molar-refractivity contribution in [1.82, 2.24) is 20.0 Å². The number of carbonyl (C=O) groups is 2. The van der Waals surface area contributed by atoms with Gasteiger partial charge in [0.1, 0.15) is 5.57 Å². The van der Waals surface area contributed by atoms with Crippen molar-refractivity contribution < 1.29 is 9.59 Å². The van der Waals surface area contributed by atoms with Gasteiger partial charge in [0.15, 0.2) is 5.11 Å². The van der Waals surface area contributed by atoms with Crippen molar-refractivity contribution in [2.45, 2.75) is 0 Å². The molecule has 1 aliphatic heterocycles. The molecule has 1 aromatic heterocycles. The molecule has 4 rings (SSSR count). The first-order valence-corrected chi connectivity index (χ1v) is 9.69. The van der Waals surface area contributed by atoms with Crippen molar-refractivity contribution in [3.05, 3.63) is 90.7 Å². The number of benzene rings is 2. The summed E-state index contributed by atoms with van der Waals surface area (Å²) in [5, 5.41) is 7.35. The number of rotatable bonds is 5. The molecule has 2 heterocycles. The Kier molecular flexibility index (Phi) is 5.36. The summed E-state index contributed by atoms with van der Waals surface area (Å²) in [5.74, 6) is -0.994. The number of aromatic nitrogens is 2. The molecule has 0 aliphatic carbocycles. The van der Waals surface area contributed by atoms with E-state index in [1.807, 2.05) is 60.7 Å². The van der Waals surface area contributed by atoms with E-state index in [0.717, 1.165) is 11.3 Å². The molecule has 0 atom stereocenters. The molecule has 1 fully saturated rings. The number of amides is 2. The zero-order valence-electron chi connectivity index (χ0n) is 16.0. The third kappa shape index (κ3) is 3.70. The number of nitrogens with one attached hydrogen (secondary N) is 1. The molecular formula is C23H18N4O2S. The summed E-state index contributed by atoms with van der Waals surface area (Å²) in [7, 11) is 0. The van der Waals surface area contributed by atoms with E-state index in [1.54, 1.807) is 23.0 Å². The Hall–Kier alpha value is -3.84. The fraction of sp³-hybridized carbons (Fsp3) is 0.0435. The maximum atomic E-state index is 12.9. The van der Waals surface area contributed by atoms with Crippen LogP contribution < -0.4 is 5.32 Å². The number of hydrogen-bond donors (Lipinski definition) is 1. The average Bonchev–Trinajstić information content (AvgIpc) is 3.19. The minimum absolute atomic E-state index is 0.00440. The lowest BCUT2D eigenvalue weighted by atomic mass is 10.0. The van der Waals surface area contributed by atoms with Crippen LogP contribution in [-0.2, 0) is 9.59 Å². The minimum Gasteiger partial charge on any atom is -0.298 e. The van der Waals surface area contributed by atoms with Gasteiger partial charge < -0.3 is 0 Å². The lowest BCUT2D eigenvalue weighted by Gasteiger charge is -2.27. The summed E-state index contributed by atoms with van der Waals surface area (Å²) in [6, 6.07) is 19.2. The molecule has 30 heavy (non-hydrogen) atoms. The van der Waals surface area contributed by atoms with Crippen LogP contribution in [0.5, 0.6) is 0 Å². The second-order valence-corrected chi connectivity index (χ2v) is 6.99. The van der Waals surface area contributed by atoms with Gasteiger partial charge in [-0.15, -0.1) is 6.58 Å². The van der Waals surface area contributed by atoms with Crippen molar-refractivity contribution in [2.75, 3.05) is 6.54 Å². The Labute approximate surface area is 179 Å². The van der Waals surface area contributed by atoms with Crippen molar-refractivity contribution in [1.29, 1.82) is 0 Å². The van der Waals surface area contributed by atoms with Crippen LogP contribution in [0.25, 0.3) is 23.0 Å². The Balaban J connectivity index is 1.84. The quantitative estimate of drug-likeness (QED) is 0.301. The van der Waals surface area contributed by atoms with Gasteiger partial charge in [-0.3, -0.25) is 19.8 Å². The first-order chi connectivity index (χ1) is 14.6. The zero-order chi connectivity index (χ0) is 21.1. The van der Waals surface area contributed by atoms with Gasteiger partial charge in [-0.05, 0) is 30.4 Å². The number of carbonyl (C=O) groups excluding carboxylic acids is 2. The number of hydrogen-bond acceptors (Lipinski definition) is 4. The summed E-state index contributed by atoms with van der Waals surface area (Å²) in [6.07, 6.45) is 4.92. The van der Waals surface area contributed by atoms with Gasteiger partial charge in [0.25, 0.3) is 11.8 Å². The van der Waals surface area contributed by atoms with Crippen LogP contribution in [-0.4, -0.2) is 38.2 Å². The highest BCUT2D eigenvalue weighted by molar-refractivity contribution is 7.80. The summed E-state index contributed by atoms with van der Waals surface area (Å²) >= 11 is 5.12. The Bertz CT molecular complexity index is 1170. The predicted octanol–water partition coefficient (Wildman–Crippen LogP) is 3.35. The highest BCUT2D eigenvalue weighted by Crippen LogP contribution is 2.26. The van der Waals surface area contributed by atoms with Crippen molar-refractivity contribution in [2.24, 2.45) is 0 Å². The molecule has 2 amide bonds.